The van der Waals surface area contributed by atoms with Crippen LogP contribution in [0.1, 0.15) is 37.0 Å². The van der Waals surface area contributed by atoms with Crippen molar-refractivity contribution in [1.82, 2.24) is 5.32 Å². The lowest BCUT2D eigenvalue weighted by Gasteiger charge is -2.15. The summed E-state index contributed by atoms with van der Waals surface area (Å²) in [7, 11) is 0. The van der Waals surface area contributed by atoms with Crippen LogP contribution in [0.15, 0.2) is 35.3 Å². The zero-order chi connectivity index (χ0) is 12.4. The number of hydrogen-bond donors (Lipinski definition) is 1. The van der Waals surface area contributed by atoms with Gasteiger partial charge in [0.1, 0.15) is 0 Å². The van der Waals surface area contributed by atoms with E-state index in [-0.39, 0.29) is 0 Å². The van der Waals surface area contributed by atoms with Gasteiger partial charge in [0.25, 0.3) is 0 Å². The van der Waals surface area contributed by atoms with Crippen molar-refractivity contribution in [3.05, 3.63) is 35.9 Å². The topological polar surface area (TPSA) is 24.4 Å². The first-order valence-corrected chi connectivity index (χ1v) is 7.72. The fourth-order valence-corrected chi connectivity index (χ4v) is 3.55. The standard InChI is InChI=1S/C15H20N2S/c1-11(9-12-7-8-12)17-15-16-10-14(18-15)13-5-3-2-4-6-13/h2-6,11-12,14H,7-10H2,1H3,(H,16,17). The van der Waals surface area contributed by atoms with Gasteiger partial charge < -0.3 is 5.32 Å². The van der Waals surface area contributed by atoms with Crippen LogP contribution in [0.4, 0.5) is 0 Å². The number of thioether (sulfide) groups is 1. The van der Waals surface area contributed by atoms with Gasteiger partial charge in [-0.15, -0.1) is 0 Å². The zero-order valence-corrected chi connectivity index (χ0v) is 11.6. The van der Waals surface area contributed by atoms with Gasteiger partial charge in [0, 0.05) is 6.04 Å². The van der Waals surface area contributed by atoms with Crippen molar-refractivity contribution >= 4 is 16.9 Å². The minimum atomic E-state index is 0.502. The molecule has 0 saturated heterocycles. The van der Waals surface area contributed by atoms with Crippen LogP contribution in [0.2, 0.25) is 0 Å². The molecule has 0 bridgehead atoms. The summed E-state index contributed by atoms with van der Waals surface area (Å²) in [4.78, 5) is 4.63. The van der Waals surface area contributed by atoms with Crippen LogP contribution >= 0.6 is 11.8 Å². The SMILES string of the molecule is CC(CC1CC1)NC1=NCC(c2ccccc2)S1. The lowest BCUT2D eigenvalue weighted by Crippen LogP contribution is -2.30. The van der Waals surface area contributed by atoms with Crippen molar-refractivity contribution in [3.8, 4) is 0 Å². The van der Waals surface area contributed by atoms with Gasteiger partial charge in [-0.25, -0.2) is 0 Å². The minimum absolute atomic E-state index is 0.502. The Morgan fingerprint density at radius 1 is 1.33 bits per heavy atom. The summed E-state index contributed by atoms with van der Waals surface area (Å²) in [5.74, 6) is 0.976. The van der Waals surface area contributed by atoms with E-state index in [0.29, 0.717) is 11.3 Å². The Kier molecular flexibility index (Phi) is 3.59. The van der Waals surface area contributed by atoms with Gasteiger partial charge in [0.05, 0.1) is 11.8 Å². The van der Waals surface area contributed by atoms with Crippen molar-refractivity contribution in [2.45, 2.75) is 37.5 Å². The van der Waals surface area contributed by atoms with E-state index in [1.807, 2.05) is 11.8 Å². The highest BCUT2D eigenvalue weighted by Gasteiger charge is 2.26. The monoisotopic (exact) mass is 260 g/mol. The lowest BCUT2D eigenvalue weighted by molar-refractivity contribution is 0.566. The van der Waals surface area contributed by atoms with Crippen LogP contribution in [0.5, 0.6) is 0 Å². The van der Waals surface area contributed by atoms with E-state index in [9.17, 15) is 0 Å². The summed E-state index contributed by atoms with van der Waals surface area (Å²) >= 11 is 1.88. The largest absolute Gasteiger partial charge is 0.362 e. The van der Waals surface area contributed by atoms with Crippen LogP contribution in [0.3, 0.4) is 0 Å². The van der Waals surface area contributed by atoms with Gasteiger partial charge in [-0.05, 0) is 24.8 Å². The highest BCUT2D eigenvalue weighted by atomic mass is 32.2. The molecule has 1 aliphatic heterocycles. The molecule has 2 atom stereocenters. The fourth-order valence-electron chi connectivity index (χ4n) is 2.42. The second kappa shape index (κ2) is 5.35. The summed E-state index contributed by atoms with van der Waals surface area (Å²) < 4.78 is 0. The van der Waals surface area contributed by atoms with Crippen molar-refractivity contribution in [1.29, 1.82) is 0 Å². The molecule has 1 fully saturated rings. The molecule has 2 nitrogen and oxygen atoms in total. The van der Waals surface area contributed by atoms with Crippen molar-refractivity contribution in [2.24, 2.45) is 10.9 Å². The molecular weight excluding hydrogens is 240 g/mol. The van der Waals surface area contributed by atoms with E-state index in [0.717, 1.165) is 17.6 Å². The van der Waals surface area contributed by atoms with E-state index in [1.165, 1.54) is 24.8 Å². The third kappa shape index (κ3) is 3.08. The van der Waals surface area contributed by atoms with Gasteiger partial charge in [0.15, 0.2) is 5.17 Å². The smallest absolute Gasteiger partial charge is 0.157 e. The van der Waals surface area contributed by atoms with Crippen LogP contribution in [-0.4, -0.2) is 17.8 Å². The Hall–Kier alpha value is -0.960. The number of nitrogens with one attached hydrogen (secondary N) is 1. The Bertz CT molecular complexity index is 425. The summed E-state index contributed by atoms with van der Waals surface area (Å²) in [5, 5.41) is 5.20. The Morgan fingerprint density at radius 2 is 2.11 bits per heavy atom. The molecule has 18 heavy (non-hydrogen) atoms. The summed E-state index contributed by atoms with van der Waals surface area (Å²) in [6.45, 7) is 3.18. The molecule has 1 N–H and O–H groups in total. The summed E-state index contributed by atoms with van der Waals surface area (Å²) in [6, 6.07) is 11.3. The molecule has 1 aromatic carbocycles. The molecule has 96 valence electrons. The highest BCUT2D eigenvalue weighted by molar-refractivity contribution is 8.14. The lowest BCUT2D eigenvalue weighted by atomic mass is 10.1. The Balaban J connectivity index is 1.51. The van der Waals surface area contributed by atoms with Gasteiger partial charge in [-0.2, -0.15) is 0 Å². The molecule has 2 aliphatic rings. The maximum absolute atomic E-state index is 4.63. The van der Waals surface area contributed by atoms with Gasteiger partial charge in [0.2, 0.25) is 0 Å². The molecule has 0 radical (unpaired) electrons. The van der Waals surface area contributed by atoms with Crippen LogP contribution in [0, 0.1) is 5.92 Å². The summed E-state index contributed by atoms with van der Waals surface area (Å²) in [5.41, 5.74) is 1.39. The second-order valence-electron chi connectivity index (χ2n) is 5.39. The quantitative estimate of drug-likeness (QED) is 0.894. The van der Waals surface area contributed by atoms with E-state index in [2.05, 4.69) is 47.6 Å². The van der Waals surface area contributed by atoms with Crippen LogP contribution < -0.4 is 5.32 Å². The number of nitrogens with zero attached hydrogens (tertiary/aromatic N) is 1. The number of hydrogen-bond acceptors (Lipinski definition) is 3. The third-order valence-corrected chi connectivity index (χ3v) is 4.76. The Labute approximate surface area is 113 Å². The molecule has 0 amide bonds. The molecule has 2 unspecified atom stereocenters. The van der Waals surface area contributed by atoms with Crippen LogP contribution in [0.25, 0.3) is 0 Å². The maximum Gasteiger partial charge on any atom is 0.157 e. The molecule has 0 spiro atoms. The van der Waals surface area contributed by atoms with Crippen molar-refractivity contribution in [2.75, 3.05) is 6.54 Å². The molecule has 1 aliphatic carbocycles. The zero-order valence-electron chi connectivity index (χ0n) is 10.8. The molecule has 1 saturated carbocycles. The number of aliphatic imine (C=N–C) groups is 1. The number of rotatable bonds is 4. The Morgan fingerprint density at radius 3 is 2.83 bits per heavy atom. The number of benzene rings is 1. The maximum atomic E-state index is 4.63. The van der Waals surface area contributed by atoms with Crippen molar-refractivity contribution < 1.29 is 0 Å². The molecule has 0 aromatic heterocycles. The van der Waals surface area contributed by atoms with E-state index in [4.69, 9.17) is 0 Å². The number of amidine groups is 1. The molecule has 3 rings (SSSR count). The first-order chi connectivity index (χ1) is 8.81. The third-order valence-electron chi connectivity index (χ3n) is 3.58. The van der Waals surface area contributed by atoms with E-state index >= 15 is 0 Å². The predicted molar refractivity (Wildman–Crippen MR) is 79.0 cm³/mol. The van der Waals surface area contributed by atoms with Gasteiger partial charge in [-0.1, -0.05) is 54.9 Å². The molecule has 1 aromatic rings. The van der Waals surface area contributed by atoms with Gasteiger partial charge in [-0.3, -0.25) is 4.99 Å². The van der Waals surface area contributed by atoms with E-state index in [1.54, 1.807) is 0 Å². The van der Waals surface area contributed by atoms with Crippen molar-refractivity contribution in [3.63, 3.8) is 0 Å². The van der Waals surface area contributed by atoms with E-state index < -0.39 is 0 Å². The van der Waals surface area contributed by atoms with Crippen LogP contribution in [-0.2, 0) is 0 Å². The highest BCUT2D eigenvalue weighted by Crippen LogP contribution is 2.36. The second-order valence-corrected chi connectivity index (χ2v) is 6.58. The minimum Gasteiger partial charge on any atom is -0.362 e. The normalized spacial score (nSPS) is 24.7. The first-order valence-electron chi connectivity index (χ1n) is 6.84. The predicted octanol–water partition coefficient (Wildman–Crippen LogP) is 3.61. The average molecular weight is 260 g/mol. The molecule has 1 heterocycles. The molecule has 3 heteroatoms. The summed E-state index contributed by atoms with van der Waals surface area (Å²) in [6.07, 6.45) is 4.16. The van der Waals surface area contributed by atoms with Gasteiger partial charge >= 0.3 is 0 Å². The fraction of sp³-hybridized carbons (Fsp3) is 0.533. The molecular formula is C15H20N2S. The average Bonchev–Trinajstić information content (AvgIpc) is 3.06. The first kappa shape index (κ1) is 12.1.